The summed E-state index contributed by atoms with van der Waals surface area (Å²) < 4.78 is 0. The van der Waals surface area contributed by atoms with Crippen LogP contribution < -0.4 is 11.1 Å². The van der Waals surface area contributed by atoms with E-state index in [1.54, 1.807) is 23.7 Å². The summed E-state index contributed by atoms with van der Waals surface area (Å²) in [6.07, 6.45) is 5.00. The Morgan fingerprint density at radius 1 is 1.41 bits per heavy atom. The SMILES string of the molecule is Cc1ncc(CNc2nccnc2C(N)=S)s1. The molecule has 3 N–H and O–H groups in total. The first-order valence-corrected chi connectivity index (χ1v) is 6.15. The molecule has 0 bridgehead atoms. The molecule has 2 rings (SSSR count). The van der Waals surface area contributed by atoms with Crippen LogP contribution in [0.25, 0.3) is 0 Å². The van der Waals surface area contributed by atoms with Gasteiger partial charge < -0.3 is 11.1 Å². The van der Waals surface area contributed by atoms with E-state index in [2.05, 4.69) is 20.3 Å². The zero-order chi connectivity index (χ0) is 12.3. The van der Waals surface area contributed by atoms with Crippen molar-refractivity contribution in [3.63, 3.8) is 0 Å². The topological polar surface area (TPSA) is 76.7 Å². The van der Waals surface area contributed by atoms with Gasteiger partial charge in [0.2, 0.25) is 0 Å². The van der Waals surface area contributed by atoms with E-state index < -0.39 is 0 Å². The van der Waals surface area contributed by atoms with Crippen molar-refractivity contribution in [1.29, 1.82) is 0 Å². The lowest BCUT2D eigenvalue weighted by molar-refractivity contribution is 1.09. The zero-order valence-corrected chi connectivity index (χ0v) is 10.8. The molecule has 0 unspecified atom stereocenters. The van der Waals surface area contributed by atoms with Crippen LogP contribution in [0.5, 0.6) is 0 Å². The molecule has 0 aliphatic rings. The summed E-state index contributed by atoms with van der Waals surface area (Å²) >= 11 is 6.55. The van der Waals surface area contributed by atoms with Crippen LogP contribution in [0.15, 0.2) is 18.6 Å². The van der Waals surface area contributed by atoms with Crippen LogP contribution in [-0.2, 0) is 6.54 Å². The van der Waals surface area contributed by atoms with Crippen molar-refractivity contribution in [1.82, 2.24) is 15.0 Å². The molecule has 5 nitrogen and oxygen atoms in total. The normalized spacial score (nSPS) is 10.2. The third kappa shape index (κ3) is 2.95. The number of hydrogen-bond acceptors (Lipinski definition) is 6. The highest BCUT2D eigenvalue weighted by molar-refractivity contribution is 7.80. The fourth-order valence-electron chi connectivity index (χ4n) is 1.31. The molecule has 0 aromatic carbocycles. The van der Waals surface area contributed by atoms with E-state index in [9.17, 15) is 0 Å². The zero-order valence-electron chi connectivity index (χ0n) is 9.17. The van der Waals surface area contributed by atoms with Gasteiger partial charge in [0.25, 0.3) is 0 Å². The highest BCUT2D eigenvalue weighted by Crippen LogP contribution is 2.14. The first-order chi connectivity index (χ1) is 8.16. The van der Waals surface area contributed by atoms with Crippen molar-refractivity contribution >= 4 is 34.4 Å². The molecule has 2 aromatic heterocycles. The first-order valence-electron chi connectivity index (χ1n) is 4.93. The van der Waals surface area contributed by atoms with Crippen LogP contribution in [-0.4, -0.2) is 19.9 Å². The van der Waals surface area contributed by atoms with Gasteiger partial charge in [0.15, 0.2) is 5.82 Å². The van der Waals surface area contributed by atoms with Crippen molar-refractivity contribution in [3.8, 4) is 0 Å². The van der Waals surface area contributed by atoms with E-state index in [0.717, 1.165) is 9.88 Å². The number of rotatable bonds is 4. The van der Waals surface area contributed by atoms with Crippen LogP contribution >= 0.6 is 23.6 Å². The Hall–Kier alpha value is -1.60. The van der Waals surface area contributed by atoms with Crippen molar-refractivity contribution in [2.75, 3.05) is 5.32 Å². The van der Waals surface area contributed by atoms with Gasteiger partial charge in [0.1, 0.15) is 10.7 Å². The molecule has 7 heteroatoms. The van der Waals surface area contributed by atoms with E-state index in [1.165, 1.54) is 0 Å². The van der Waals surface area contributed by atoms with Gasteiger partial charge in [-0.2, -0.15) is 0 Å². The lowest BCUT2D eigenvalue weighted by Crippen LogP contribution is -2.16. The summed E-state index contributed by atoms with van der Waals surface area (Å²) in [6.45, 7) is 2.61. The average molecular weight is 265 g/mol. The molecule has 2 heterocycles. The van der Waals surface area contributed by atoms with Gasteiger partial charge in [-0.15, -0.1) is 11.3 Å². The smallest absolute Gasteiger partial charge is 0.155 e. The minimum absolute atomic E-state index is 0.237. The molecule has 2 aromatic rings. The summed E-state index contributed by atoms with van der Waals surface area (Å²) in [5.41, 5.74) is 6.08. The number of thiazole rings is 1. The molecular weight excluding hydrogens is 254 g/mol. The van der Waals surface area contributed by atoms with Crippen molar-refractivity contribution in [3.05, 3.63) is 34.2 Å². The second-order valence-corrected chi connectivity index (χ2v) is 5.08. The predicted molar refractivity (Wildman–Crippen MR) is 72.1 cm³/mol. The molecule has 0 saturated heterocycles. The summed E-state index contributed by atoms with van der Waals surface area (Å²) in [4.78, 5) is 13.8. The van der Waals surface area contributed by atoms with E-state index in [0.29, 0.717) is 18.1 Å². The highest BCUT2D eigenvalue weighted by atomic mass is 32.1. The number of nitrogens with one attached hydrogen (secondary N) is 1. The average Bonchev–Trinajstić information content (AvgIpc) is 2.73. The monoisotopic (exact) mass is 265 g/mol. The molecular formula is C10H11N5S2. The van der Waals surface area contributed by atoms with Gasteiger partial charge in [-0.25, -0.2) is 15.0 Å². The fourth-order valence-corrected chi connectivity index (χ4v) is 2.19. The number of anilines is 1. The van der Waals surface area contributed by atoms with Crippen LogP contribution in [0.4, 0.5) is 5.82 Å². The maximum Gasteiger partial charge on any atom is 0.155 e. The summed E-state index contributed by atoms with van der Waals surface area (Å²) in [7, 11) is 0. The Morgan fingerprint density at radius 2 is 2.18 bits per heavy atom. The largest absolute Gasteiger partial charge is 0.388 e. The van der Waals surface area contributed by atoms with Crippen molar-refractivity contribution < 1.29 is 0 Å². The molecule has 0 aliphatic carbocycles. The standard InChI is InChI=1S/C10H11N5S2/c1-6-14-4-7(17-6)5-15-10-8(9(11)16)12-2-3-13-10/h2-4H,5H2,1H3,(H2,11,16)(H,13,15). The predicted octanol–water partition coefficient (Wildman–Crippen LogP) is 1.49. The Kier molecular flexibility index (Phi) is 3.60. The van der Waals surface area contributed by atoms with Gasteiger partial charge in [-0.1, -0.05) is 12.2 Å². The molecule has 0 saturated carbocycles. The number of thiocarbonyl (C=S) groups is 1. The number of nitrogens with zero attached hydrogens (tertiary/aromatic N) is 3. The van der Waals surface area contributed by atoms with Crippen LogP contribution in [0.1, 0.15) is 15.6 Å². The van der Waals surface area contributed by atoms with Crippen molar-refractivity contribution in [2.45, 2.75) is 13.5 Å². The highest BCUT2D eigenvalue weighted by Gasteiger charge is 2.07. The van der Waals surface area contributed by atoms with Gasteiger partial charge in [0, 0.05) is 23.5 Å². The van der Waals surface area contributed by atoms with Crippen molar-refractivity contribution in [2.24, 2.45) is 5.73 Å². The Labute approximate surface area is 108 Å². The van der Waals surface area contributed by atoms with E-state index in [1.807, 2.05) is 13.1 Å². The van der Waals surface area contributed by atoms with Crippen LogP contribution in [0.3, 0.4) is 0 Å². The molecule has 0 spiro atoms. The number of aryl methyl sites for hydroxylation is 1. The molecule has 0 aliphatic heterocycles. The number of hydrogen-bond donors (Lipinski definition) is 2. The summed E-state index contributed by atoms with van der Waals surface area (Å²) in [6, 6.07) is 0. The third-order valence-corrected chi connectivity index (χ3v) is 3.14. The Balaban J connectivity index is 2.11. The first kappa shape index (κ1) is 11.9. The second-order valence-electron chi connectivity index (χ2n) is 3.32. The molecule has 17 heavy (non-hydrogen) atoms. The van der Waals surface area contributed by atoms with E-state index in [-0.39, 0.29) is 4.99 Å². The fraction of sp³-hybridized carbons (Fsp3) is 0.200. The molecule has 0 radical (unpaired) electrons. The van der Waals surface area contributed by atoms with Crippen LogP contribution in [0, 0.1) is 6.92 Å². The van der Waals surface area contributed by atoms with E-state index >= 15 is 0 Å². The molecule has 88 valence electrons. The molecule has 0 amide bonds. The lowest BCUT2D eigenvalue weighted by atomic mass is 10.4. The van der Waals surface area contributed by atoms with Gasteiger partial charge in [-0.05, 0) is 6.92 Å². The Morgan fingerprint density at radius 3 is 2.82 bits per heavy atom. The lowest BCUT2D eigenvalue weighted by Gasteiger charge is -2.07. The number of nitrogens with two attached hydrogens (primary N) is 1. The maximum atomic E-state index is 5.57. The minimum Gasteiger partial charge on any atom is -0.388 e. The third-order valence-electron chi connectivity index (χ3n) is 2.03. The minimum atomic E-state index is 0.237. The van der Waals surface area contributed by atoms with Gasteiger partial charge in [-0.3, -0.25) is 0 Å². The van der Waals surface area contributed by atoms with Gasteiger partial charge in [0.05, 0.1) is 11.6 Å². The van der Waals surface area contributed by atoms with E-state index in [4.69, 9.17) is 18.0 Å². The summed E-state index contributed by atoms with van der Waals surface area (Å²) in [5, 5.41) is 4.19. The van der Waals surface area contributed by atoms with Gasteiger partial charge >= 0.3 is 0 Å². The summed E-state index contributed by atoms with van der Waals surface area (Å²) in [5.74, 6) is 0.603. The maximum absolute atomic E-state index is 5.57. The number of aromatic nitrogens is 3. The quantitative estimate of drug-likeness (QED) is 0.816. The second kappa shape index (κ2) is 5.15. The van der Waals surface area contributed by atoms with Crippen LogP contribution in [0.2, 0.25) is 0 Å². The molecule has 0 fully saturated rings. The Bertz CT molecular complexity index is 537. The molecule has 0 atom stereocenters.